The van der Waals surface area contributed by atoms with Crippen molar-refractivity contribution in [3.05, 3.63) is 71.3 Å². The van der Waals surface area contributed by atoms with E-state index in [1.54, 1.807) is 24.3 Å². The normalized spacial score (nSPS) is 13.3. The summed E-state index contributed by atoms with van der Waals surface area (Å²) in [7, 11) is 0. The first-order chi connectivity index (χ1) is 10.5. The number of aliphatic hydroxyl groups excluding tert-OH is 1. The van der Waals surface area contributed by atoms with Gasteiger partial charge in [-0.15, -0.1) is 0 Å². The van der Waals surface area contributed by atoms with Crippen LogP contribution in [-0.2, 0) is 11.2 Å². The summed E-state index contributed by atoms with van der Waals surface area (Å²) in [6.45, 7) is 0. The molecule has 0 aliphatic heterocycles. The summed E-state index contributed by atoms with van der Waals surface area (Å²) in [6.07, 6.45) is -0.920. The maximum Gasteiger partial charge on any atom is 0.248 e. The maximum atomic E-state index is 11.4. The zero-order chi connectivity index (χ0) is 16.1. The van der Waals surface area contributed by atoms with Gasteiger partial charge < -0.3 is 16.6 Å². The number of nitrogens with two attached hydrogens (primary N) is 2. The van der Waals surface area contributed by atoms with Crippen LogP contribution >= 0.6 is 0 Å². The van der Waals surface area contributed by atoms with Crippen molar-refractivity contribution in [2.45, 2.75) is 18.4 Å². The SMILES string of the molecule is NC(=O)c1cccc(C(Cc2ccccc2)C(O)C(N)=O)c1. The molecule has 5 nitrogen and oxygen atoms in total. The number of benzene rings is 2. The number of hydrogen-bond donors (Lipinski definition) is 3. The third-order valence-corrected chi connectivity index (χ3v) is 3.57. The Kier molecular flexibility index (Phi) is 4.91. The van der Waals surface area contributed by atoms with Crippen molar-refractivity contribution in [2.24, 2.45) is 11.5 Å². The molecule has 5 heteroatoms. The summed E-state index contributed by atoms with van der Waals surface area (Å²) in [5, 5.41) is 10.1. The van der Waals surface area contributed by atoms with Gasteiger partial charge in [-0.25, -0.2) is 0 Å². The molecule has 0 fully saturated rings. The fourth-order valence-electron chi connectivity index (χ4n) is 2.40. The number of carbonyl (C=O) groups excluding carboxylic acids is 2. The highest BCUT2D eigenvalue weighted by Crippen LogP contribution is 2.25. The van der Waals surface area contributed by atoms with Crippen LogP contribution in [0.1, 0.15) is 27.4 Å². The van der Waals surface area contributed by atoms with E-state index in [9.17, 15) is 14.7 Å². The molecule has 2 atom stereocenters. The molecule has 0 heterocycles. The van der Waals surface area contributed by atoms with Gasteiger partial charge in [0, 0.05) is 11.5 Å². The summed E-state index contributed by atoms with van der Waals surface area (Å²) in [4.78, 5) is 22.7. The Morgan fingerprint density at radius 2 is 1.68 bits per heavy atom. The number of aliphatic hydroxyl groups is 1. The van der Waals surface area contributed by atoms with E-state index in [0.29, 0.717) is 17.5 Å². The van der Waals surface area contributed by atoms with Gasteiger partial charge >= 0.3 is 0 Å². The largest absolute Gasteiger partial charge is 0.383 e. The van der Waals surface area contributed by atoms with Gasteiger partial charge in [0.1, 0.15) is 6.10 Å². The van der Waals surface area contributed by atoms with Crippen LogP contribution < -0.4 is 11.5 Å². The molecule has 0 aliphatic carbocycles. The van der Waals surface area contributed by atoms with Gasteiger partial charge in [0.15, 0.2) is 0 Å². The second-order valence-corrected chi connectivity index (χ2v) is 5.13. The third kappa shape index (κ3) is 3.71. The molecule has 114 valence electrons. The first-order valence-electron chi connectivity index (χ1n) is 6.90. The zero-order valence-electron chi connectivity index (χ0n) is 12.0. The van der Waals surface area contributed by atoms with Crippen LogP contribution in [0.3, 0.4) is 0 Å². The molecule has 2 amide bonds. The Hall–Kier alpha value is -2.66. The first kappa shape index (κ1) is 15.7. The lowest BCUT2D eigenvalue weighted by molar-refractivity contribution is -0.127. The highest BCUT2D eigenvalue weighted by Gasteiger charge is 2.26. The summed E-state index contributed by atoms with van der Waals surface area (Å²) < 4.78 is 0. The molecule has 2 rings (SSSR count). The van der Waals surface area contributed by atoms with E-state index >= 15 is 0 Å². The molecular formula is C17H18N2O3. The third-order valence-electron chi connectivity index (χ3n) is 3.57. The minimum absolute atomic E-state index is 0.326. The van der Waals surface area contributed by atoms with E-state index in [1.165, 1.54) is 0 Å². The van der Waals surface area contributed by atoms with Gasteiger partial charge in [0.05, 0.1) is 0 Å². The lowest BCUT2D eigenvalue weighted by Crippen LogP contribution is -2.35. The summed E-state index contributed by atoms with van der Waals surface area (Å²) in [6, 6.07) is 16.0. The van der Waals surface area contributed by atoms with Crippen molar-refractivity contribution in [2.75, 3.05) is 0 Å². The molecule has 0 saturated carbocycles. The Morgan fingerprint density at radius 1 is 1.00 bits per heavy atom. The van der Waals surface area contributed by atoms with Crippen LogP contribution in [0.15, 0.2) is 54.6 Å². The quantitative estimate of drug-likeness (QED) is 0.739. The molecule has 22 heavy (non-hydrogen) atoms. The molecule has 5 N–H and O–H groups in total. The summed E-state index contributed by atoms with van der Waals surface area (Å²) in [5.41, 5.74) is 12.5. The Bertz CT molecular complexity index is 671. The van der Waals surface area contributed by atoms with E-state index in [1.807, 2.05) is 30.3 Å². The Labute approximate surface area is 128 Å². The lowest BCUT2D eigenvalue weighted by Gasteiger charge is -2.21. The number of primary amides is 2. The molecule has 0 spiro atoms. The topological polar surface area (TPSA) is 106 Å². The predicted octanol–water partition coefficient (Wildman–Crippen LogP) is 0.958. The molecular weight excluding hydrogens is 280 g/mol. The second-order valence-electron chi connectivity index (χ2n) is 5.13. The van der Waals surface area contributed by atoms with E-state index in [0.717, 1.165) is 5.56 Å². The smallest absolute Gasteiger partial charge is 0.248 e. The van der Waals surface area contributed by atoms with Gasteiger partial charge in [-0.2, -0.15) is 0 Å². The van der Waals surface area contributed by atoms with Crippen molar-refractivity contribution in [3.63, 3.8) is 0 Å². The minimum atomic E-state index is -1.34. The molecule has 0 aliphatic rings. The molecule has 0 bridgehead atoms. The average Bonchev–Trinajstić information content (AvgIpc) is 2.53. The van der Waals surface area contributed by atoms with Crippen LogP contribution in [0.5, 0.6) is 0 Å². The van der Waals surface area contributed by atoms with E-state index in [4.69, 9.17) is 11.5 Å². The zero-order valence-corrected chi connectivity index (χ0v) is 12.0. The molecule has 0 radical (unpaired) electrons. The van der Waals surface area contributed by atoms with Crippen molar-refractivity contribution < 1.29 is 14.7 Å². The molecule has 2 unspecified atom stereocenters. The Balaban J connectivity index is 2.38. The van der Waals surface area contributed by atoms with Gasteiger partial charge in [-0.1, -0.05) is 42.5 Å². The van der Waals surface area contributed by atoms with Crippen LogP contribution in [0.2, 0.25) is 0 Å². The standard InChI is InChI=1S/C17H18N2O3/c18-16(21)13-8-4-7-12(10-13)14(15(20)17(19)22)9-11-5-2-1-3-6-11/h1-8,10,14-15,20H,9H2,(H2,18,21)(H2,19,22). The van der Waals surface area contributed by atoms with Crippen LogP contribution in [0, 0.1) is 0 Å². The fourth-order valence-corrected chi connectivity index (χ4v) is 2.40. The highest BCUT2D eigenvalue weighted by atomic mass is 16.3. The van der Waals surface area contributed by atoms with Gasteiger partial charge in [-0.3, -0.25) is 9.59 Å². The molecule has 2 aromatic carbocycles. The molecule has 0 saturated heterocycles. The van der Waals surface area contributed by atoms with Crippen molar-refractivity contribution in [1.82, 2.24) is 0 Å². The van der Waals surface area contributed by atoms with Crippen molar-refractivity contribution in [1.29, 1.82) is 0 Å². The van der Waals surface area contributed by atoms with E-state index in [-0.39, 0.29) is 0 Å². The maximum absolute atomic E-state index is 11.4. The van der Waals surface area contributed by atoms with Crippen molar-refractivity contribution in [3.8, 4) is 0 Å². The monoisotopic (exact) mass is 298 g/mol. The minimum Gasteiger partial charge on any atom is -0.383 e. The molecule has 2 aromatic rings. The van der Waals surface area contributed by atoms with Gasteiger partial charge in [0.2, 0.25) is 11.8 Å². The summed E-state index contributed by atoms with van der Waals surface area (Å²) in [5.74, 6) is -1.90. The lowest BCUT2D eigenvalue weighted by atomic mass is 9.86. The number of amides is 2. The predicted molar refractivity (Wildman–Crippen MR) is 83.0 cm³/mol. The Morgan fingerprint density at radius 3 is 2.27 bits per heavy atom. The second kappa shape index (κ2) is 6.87. The number of rotatable bonds is 6. The van der Waals surface area contributed by atoms with Gasteiger partial charge in [0.25, 0.3) is 0 Å². The van der Waals surface area contributed by atoms with E-state index < -0.39 is 23.8 Å². The van der Waals surface area contributed by atoms with Crippen LogP contribution in [0.4, 0.5) is 0 Å². The molecule has 0 aromatic heterocycles. The van der Waals surface area contributed by atoms with Crippen LogP contribution in [0.25, 0.3) is 0 Å². The highest BCUT2D eigenvalue weighted by molar-refractivity contribution is 5.93. The fraction of sp³-hybridized carbons (Fsp3) is 0.176. The van der Waals surface area contributed by atoms with Gasteiger partial charge in [-0.05, 0) is 29.7 Å². The average molecular weight is 298 g/mol. The number of hydrogen-bond acceptors (Lipinski definition) is 3. The van der Waals surface area contributed by atoms with Crippen molar-refractivity contribution >= 4 is 11.8 Å². The number of carbonyl (C=O) groups is 2. The van der Waals surface area contributed by atoms with E-state index in [2.05, 4.69) is 0 Å². The first-order valence-corrected chi connectivity index (χ1v) is 6.90. The summed E-state index contributed by atoms with van der Waals surface area (Å²) >= 11 is 0. The van der Waals surface area contributed by atoms with Crippen LogP contribution in [-0.4, -0.2) is 23.0 Å².